The number of carboxylic acid groups (broad SMARTS) is 1. The van der Waals surface area contributed by atoms with Crippen LogP contribution in [0.4, 0.5) is 0 Å². The predicted octanol–water partition coefficient (Wildman–Crippen LogP) is 1.69. The van der Waals surface area contributed by atoms with Crippen LogP contribution >= 0.6 is 0 Å². The second-order valence-corrected chi connectivity index (χ2v) is 5.80. The van der Waals surface area contributed by atoms with Crippen molar-refractivity contribution in [2.75, 3.05) is 6.54 Å². The molecule has 0 aromatic heterocycles. The summed E-state index contributed by atoms with van der Waals surface area (Å²) in [5.41, 5.74) is -0.333. The third-order valence-electron chi connectivity index (χ3n) is 3.85. The fourth-order valence-electron chi connectivity index (χ4n) is 2.89. The van der Waals surface area contributed by atoms with Crippen LogP contribution in [0.15, 0.2) is 0 Å². The summed E-state index contributed by atoms with van der Waals surface area (Å²) in [4.78, 5) is 22.8. The van der Waals surface area contributed by atoms with Gasteiger partial charge in [0.25, 0.3) is 0 Å². The number of hydrogen-bond donors (Lipinski definition) is 3. The van der Waals surface area contributed by atoms with Crippen LogP contribution in [0.2, 0.25) is 0 Å². The lowest BCUT2D eigenvalue weighted by atomic mass is 9.79. The largest absolute Gasteiger partial charge is 0.481 e. The monoisotopic (exact) mass is 271 g/mol. The molecule has 1 fully saturated rings. The molecule has 0 saturated heterocycles. The van der Waals surface area contributed by atoms with Crippen molar-refractivity contribution < 1.29 is 19.8 Å². The molecule has 5 nitrogen and oxygen atoms in total. The Kier molecular flexibility index (Phi) is 6.28. The molecular formula is C14H25NO4. The molecule has 1 atom stereocenters. The average molecular weight is 271 g/mol. The SMILES string of the molecule is CC(O)CCCNC(=O)CC1(CC(=O)O)CCCC1. The molecular weight excluding hydrogens is 246 g/mol. The second-order valence-electron chi connectivity index (χ2n) is 5.80. The van der Waals surface area contributed by atoms with Crippen molar-refractivity contribution in [3.63, 3.8) is 0 Å². The van der Waals surface area contributed by atoms with Gasteiger partial charge in [-0.3, -0.25) is 9.59 Å². The first-order chi connectivity index (χ1) is 8.93. The van der Waals surface area contributed by atoms with E-state index in [9.17, 15) is 9.59 Å². The number of amides is 1. The van der Waals surface area contributed by atoms with Crippen LogP contribution in [0.25, 0.3) is 0 Å². The Morgan fingerprint density at radius 2 is 1.89 bits per heavy atom. The summed E-state index contributed by atoms with van der Waals surface area (Å²) < 4.78 is 0. The first-order valence-electron chi connectivity index (χ1n) is 7.10. The van der Waals surface area contributed by atoms with E-state index in [0.29, 0.717) is 19.4 Å². The molecule has 0 aromatic rings. The number of aliphatic hydroxyl groups is 1. The van der Waals surface area contributed by atoms with E-state index < -0.39 is 5.97 Å². The minimum Gasteiger partial charge on any atom is -0.481 e. The lowest BCUT2D eigenvalue weighted by Crippen LogP contribution is -2.32. The highest BCUT2D eigenvalue weighted by Gasteiger charge is 2.37. The van der Waals surface area contributed by atoms with Crippen LogP contribution in [-0.2, 0) is 9.59 Å². The number of hydrogen-bond acceptors (Lipinski definition) is 3. The van der Waals surface area contributed by atoms with Crippen molar-refractivity contribution in [1.82, 2.24) is 5.32 Å². The van der Waals surface area contributed by atoms with Crippen molar-refractivity contribution in [2.24, 2.45) is 5.41 Å². The maximum atomic E-state index is 11.9. The van der Waals surface area contributed by atoms with E-state index in [1.165, 1.54) is 0 Å². The molecule has 3 N–H and O–H groups in total. The van der Waals surface area contributed by atoms with Crippen molar-refractivity contribution in [3.05, 3.63) is 0 Å². The smallest absolute Gasteiger partial charge is 0.303 e. The van der Waals surface area contributed by atoms with E-state index in [0.717, 1.165) is 32.1 Å². The first-order valence-corrected chi connectivity index (χ1v) is 7.10. The highest BCUT2D eigenvalue weighted by atomic mass is 16.4. The van der Waals surface area contributed by atoms with Crippen LogP contribution in [-0.4, -0.2) is 34.7 Å². The summed E-state index contributed by atoms with van der Waals surface area (Å²) in [6.07, 6.45) is 5.18. The molecule has 1 aliphatic rings. The minimum atomic E-state index is -0.816. The molecule has 1 saturated carbocycles. The number of carbonyl (C=O) groups is 2. The highest BCUT2D eigenvalue weighted by Crippen LogP contribution is 2.43. The number of nitrogens with one attached hydrogen (secondary N) is 1. The van der Waals surface area contributed by atoms with Gasteiger partial charge in [0.1, 0.15) is 0 Å². The molecule has 0 aromatic carbocycles. The quantitative estimate of drug-likeness (QED) is 0.586. The molecule has 110 valence electrons. The van der Waals surface area contributed by atoms with Gasteiger partial charge in [-0.15, -0.1) is 0 Å². The molecule has 1 aliphatic carbocycles. The van der Waals surface area contributed by atoms with Crippen LogP contribution in [0.3, 0.4) is 0 Å². The van der Waals surface area contributed by atoms with Gasteiger partial charge in [0.15, 0.2) is 0 Å². The van der Waals surface area contributed by atoms with Crippen molar-refractivity contribution in [2.45, 2.75) is 64.4 Å². The Hall–Kier alpha value is -1.10. The molecule has 0 radical (unpaired) electrons. The summed E-state index contributed by atoms with van der Waals surface area (Å²) in [5.74, 6) is -0.877. The summed E-state index contributed by atoms with van der Waals surface area (Å²) in [5, 5.41) is 20.9. The lowest BCUT2D eigenvalue weighted by Gasteiger charge is -2.26. The Labute approximate surface area is 114 Å². The van der Waals surface area contributed by atoms with Crippen LogP contribution in [0, 0.1) is 5.41 Å². The highest BCUT2D eigenvalue weighted by molar-refractivity contribution is 5.78. The van der Waals surface area contributed by atoms with E-state index >= 15 is 0 Å². The van der Waals surface area contributed by atoms with E-state index in [1.54, 1.807) is 6.92 Å². The second kappa shape index (κ2) is 7.48. The zero-order valence-corrected chi connectivity index (χ0v) is 11.7. The fourth-order valence-corrected chi connectivity index (χ4v) is 2.89. The molecule has 0 bridgehead atoms. The predicted molar refractivity (Wildman–Crippen MR) is 71.7 cm³/mol. The Morgan fingerprint density at radius 1 is 1.26 bits per heavy atom. The normalized spacial score (nSPS) is 19.1. The Morgan fingerprint density at radius 3 is 2.42 bits per heavy atom. The molecule has 1 amide bonds. The van der Waals surface area contributed by atoms with Crippen LogP contribution in [0.5, 0.6) is 0 Å². The molecule has 0 spiro atoms. The van der Waals surface area contributed by atoms with E-state index in [2.05, 4.69) is 5.32 Å². The fraction of sp³-hybridized carbons (Fsp3) is 0.857. The van der Waals surface area contributed by atoms with Gasteiger partial charge in [-0.05, 0) is 38.0 Å². The van der Waals surface area contributed by atoms with Gasteiger partial charge in [0.05, 0.1) is 12.5 Å². The standard InChI is InChI=1S/C14H25NO4/c1-11(16)5-4-8-15-12(17)9-14(10-13(18)19)6-2-3-7-14/h11,16H,2-10H2,1H3,(H,15,17)(H,18,19). The topological polar surface area (TPSA) is 86.6 Å². The number of aliphatic carboxylic acids is 1. The van der Waals surface area contributed by atoms with Crippen molar-refractivity contribution in [1.29, 1.82) is 0 Å². The zero-order chi connectivity index (χ0) is 14.3. The first kappa shape index (κ1) is 16.0. The van der Waals surface area contributed by atoms with Gasteiger partial charge in [-0.1, -0.05) is 12.8 Å². The molecule has 1 rings (SSSR count). The average Bonchev–Trinajstić information content (AvgIpc) is 2.71. The molecule has 0 aliphatic heterocycles. The van der Waals surface area contributed by atoms with Gasteiger partial charge in [0.2, 0.25) is 5.91 Å². The Balaban J connectivity index is 2.33. The van der Waals surface area contributed by atoms with E-state index in [1.807, 2.05) is 0 Å². The third kappa shape index (κ3) is 6.05. The lowest BCUT2D eigenvalue weighted by molar-refractivity contribution is -0.140. The molecule has 19 heavy (non-hydrogen) atoms. The summed E-state index contributed by atoms with van der Waals surface area (Å²) in [7, 11) is 0. The van der Waals surface area contributed by atoms with Gasteiger partial charge >= 0.3 is 5.97 Å². The Bertz CT molecular complexity index is 309. The van der Waals surface area contributed by atoms with Crippen LogP contribution in [0.1, 0.15) is 58.3 Å². The van der Waals surface area contributed by atoms with Gasteiger partial charge in [0, 0.05) is 13.0 Å². The number of carboxylic acids is 1. The number of aliphatic hydroxyl groups excluding tert-OH is 1. The van der Waals surface area contributed by atoms with Crippen LogP contribution < -0.4 is 5.32 Å². The van der Waals surface area contributed by atoms with Gasteiger partial charge in [-0.25, -0.2) is 0 Å². The van der Waals surface area contributed by atoms with Gasteiger partial charge in [-0.2, -0.15) is 0 Å². The third-order valence-corrected chi connectivity index (χ3v) is 3.85. The molecule has 1 unspecified atom stereocenters. The molecule has 0 heterocycles. The summed E-state index contributed by atoms with van der Waals surface area (Å²) in [6.45, 7) is 2.27. The zero-order valence-electron chi connectivity index (χ0n) is 11.7. The summed E-state index contributed by atoms with van der Waals surface area (Å²) in [6, 6.07) is 0. The van der Waals surface area contributed by atoms with Crippen molar-refractivity contribution >= 4 is 11.9 Å². The number of rotatable bonds is 8. The summed E-state index contributed by atoms with van der Waals surface area (Å²) >= 11 is 0. The van der Waals surface area contributed by atoms with E-state index in [-0.39, 0.29) is 23.8 Å². The maximum absolute atomic E-state index is 11.9. The number of carbonyl (C=O) groups excluding carboxylic acids is 1. The minimum absolute atomic E-state index is 0.0613. The van der Waals surface area contributed by atoms with Gasteiger partial charge < -0.3 is 15.5 Å². The van der Waals surface area contributed by atoms with E-state index in [4.69, 9.17) is 10.2 Å². The van der Waals surface area contributed by atoms with Crippen molar-refractivity contribution in [3.8, 4) is 0 Å². The molecule has 5 heteroatoms. The maximum Gasteiger partial charge on any atom is 0.303 e.